The van der Waals surface area contributed by atoms with E-state index in [2.05, 4.69) is 4.98 Å². The molecule has 0 bridgehead atoms. The smallest absolute Gasteiger partial charge is 0.397 e. The number of carbonyl (C=O) groups is 1. The van der Waals surface area contributed by atoms with E-state index in [1.54, 1.807) is 19.1 Å². The van der Waals surface area contributed by atoms with E-state index in [1.807, 2.05) is 10.6 Å². The number of nitrogens with two attached hydrogens (primary N) is 1. The monoisotopic (exact) mass is 291 g/mol. The summed E-state index contributed by atoms with van der Waals surface area (Å²) in [6, 6.07) is 6.10. The predicted octanol–water partition coefficient (Wildman–Crippen LogP) is 2.97. The summed E-state index contributed by atoms with van der Waals surface area (Å²) in [7, 11) is 0. The van der Waals surface area contributed by atoms with Crippen LogP contribution in [0, 0.1) is 12.7 Å². The molecule has 0 saturated heterocycles. The summed E-state index contributed by atoms with van der Waals surface area (Å²) in [5.41, 5.74) is 7.29. The molecule has 1 amide bonds. The van der Waals surface area contributed by atoms with E-state index in [-0.39, 0.29) is 5.82 Å². The molecule has 3 aromatic rings. The maximum Gasteiger partial charge on any atom is 0.410 e. The number of hydrogen-bond donors (Lipinski definition) is 1. The number of carbonyl (C=O) groups excluding carboxylic acids is 1. The average Bonchev–Trinajstić information content (AvgIpc) is 2.91. The second-order valence-corrected chi connectivity index (χ2v) is 5.12. The van der Waals surface area contributed by atoms with Gasteiger partial charge in [-0.1, -0.05) is 11.3 Å². The fourth-order valence-corrected chi connectivity index (χ4v) is 2.84. The summed E-state index contributed by atoms with van der Waals surface area (Å²) in [5, 5.41) is 0.422. The third-order valence-corrected chi connectivity index (χ3v) is 3.88. The molecular formula is C13H10FN3O2S. The number of hydrogen-bond acceptors (Lipinski definition) is 4. The van der Waals surface area contributed by atoms with Gasteiger partial charge in [-0.3, -0.25) is 4.40 Å². The lowest BCUT2D eigenvalue weighted by Gasteiger charge is -1.98. The SMILES string of the molecule is Cc1c(OC(N)=O)sc2nc(-c3ccc(F)cc3)cn12. The molecule has 2 aromatic heterocycles. The zero-order valence-electron chi connectivity index (χ0n) is 10.5. The van der Waals surface area contributed by atoms with Gasteiger partial charge in [0.05, 0.1) is 11.4 Å². The molecule has 0 aliphatic heterocycles. The number of aromatic nitrogens is 2. The lowest BCUT2D eigenvalue weighted by Crippen LogP contribution is -2.16. The predicted molar refractivity (Wildman–Crippen MR) is 73.4 cm³/mol. The summed E-state index contributed by atoms with van der Waals surface area (Å²) in [5.74, 6) is -0.289. The van der Waals surface area contributed by atoms with Crippen LogP contribution in [0.25, 0.3) is 16.2 Å². The molecule has 0 spiro atoms. The normalized spacial score (nSPS) is 10.9. The van der Waals surface area contributed by atoms with Crippen molar-refractivity contribution in [2.24, 2.45) is 5.73 Å². The van der Waals surface area contributed by atoms with Crippen molar-refractivity contribution >= 4 is 22.4 Å². The van der Waals surface area contributed by atoms with Gasteiger partial charge in [0.2, 0.25) is 5.06 Å². The van der Waals surface area contributed by atoms with Crippen molar-refractivity contribution in [3.05, 3.63) is 42.0 Å². The maximum absolute atomic E-state index is 12.9. The Balaban J connectivity index is 2.04. The van der Waals surface area contributed by atoms with Gasteiger partial charge in [-0.05, 0) is 31.2 Å². The van der Waals surface area contributed by atoms with Crippen molar-refractivity contribution in [2.45, 2.75) is 6.92 Å². The van der Waals surface area contributed by atoms with Crippen LogP contribution in [-0.2, 0) is 0 Å². The van der Waals surface area contributed by atoms with Crippen LogP contribution in [0.3, 0.4) is 0 Å². The van der Waals surface area contributed by atoms with Crippen molar-refractivity contribution in [3.8, 4) is 16.3 Å². The van der Waals surface area contributed by atoms with E-state index in [9.17, 15) is 9.18 Å². The second-order valence-electron chi connectivity index (χ2n) is 4.18. The maximum atomic E-state index is 12.9. The molecule has 20 heavy (non-hydrogen) atoms. The fourth-order valence-electron chi connectivity index (χ4n) is 1.88. The summed E-state index contributed by atoms with van der Waals surface area (Å²) in [6.07, 6.45) is 0.957. The van der Waals surface area contributed by atoms with E-state index >= 15 is 0 Å². The first-order valence-corrected chi connectivity index (χ1v) is 6.58. The highest BCUT2D eigenvalue weighted by Gasteiger charge is 2.15. The fraction of sp³-hybridized carbons (Fsp3) is 0.0769. The second kappa shape index (κ2) is 4.61. The van der Waals surface area contributed by atoms with Crippen LogP contribution in [-0.4, -0.2) is 15.5 Å². The van der Waals surface area contributed by atoms with Crippen LogP contribution < -0.4 is 10.5 Å². The number of nitrogens with zero attached hydrogens (tertiary/aromatic N) is 2. The third kappa shape index (κ3) is 2.12. The molecule has 102 valence electrons. The standard InChI is InChI=1S/C13H10FN3O2S/c1-7-11(19-12(15)18)20-13-16-10(6-17(7)13)8-2-4-9(14)5-3-8/h2-6H,1H3,(H2,15,18). The number of amides is 1. The Bertz CT molecular complexity index is 792. The Labute approximate surface area is 117 Å². The average molecular weight is 291 g/mol. The first-order valence-electron chi connectivity index (χ1n) is 5.76. The minimum atomic E-state index is -0.851. The minimum Gasteiger partial charge on any atom is -0.397 e. The summed E-state index contributed by atoms with van der Waals surface area (Å²) in [4.78, 5) is 15.9. The van der Waals surface area contributed by atoms with Gasteiger partial charge in [-0.2, -0.15) is 0 Å². The molecule has 2 N–H and O–H groups in total. The van der Waals surface area contributed by atoms with Crippen LogP contribution in [0.1, 0.15) is 5.69 Å². The molecular weight excluding hydrogens is 281 g/mol. The number of aryl methyl sites for hydroxylation is 1. The Hall–Kier alpha value is -2.41. The number of thiazole rings is 1. The van der Waals surface area contributed by atoms with Gasteiger partial charge >= 0.3 is 6.09 Å². The van der Waals surface area contributed by atoms with Gasteiger partial charge in [-0.15, -0.1) is 0 Å². The lowest BCUT2D eigenvalue weighted by molar-refractivity contribution is 0.212. The number of rotatable bonds is 2. The van der Waals surface area contributed by atoms with E-state index in [1.165, 1.54) is 23.5 Å². The molecule has 0 aliphatic rings. The van der Waals surface area contributed by atoms with E-state index in [4.69, 9.17) is 10.5 Å². The zero-order valence-corrected chi connectivity index (χ0v) is 11.3. The Morgan fingerprint density at radius 1 is 1.40 bits per heavy atom. The zero-order chi connectivity index (χ0) is 14.3. The Kier molecular flexibility index (Phi) is 2.90. The molecule has 0 saturated carbocycles. The van der Waals surface area contributed by atoms with Crippen molar-refractivity contribution in [1.29, 1.82) is 0 Å². The van der Waals surface area contributed by atoms with Crippen molar-refractivity contribution < 1.29 is 13.9 Å². The highest BCUT2D eigenvalue weighted by molar-refractivity contribution is 7.19. The molecule has 0 fully saturated rings. The van der Waals surface area contributed by atoms with Crippen molar-refractivity contribution in [2.75, 3.05) is 0 Å². The lowest BCUT2D eigenvalue weighted by atomic mass is 10.2. The Morgan fingerprint density at radius 3 is 2.70 bits per heavy atom. The highest BCUT2D eigenvalue weighted by Crippen LogP contribution is 2.32. The summed E-state index contributed by atoms with van der Waals surface area (Å²) in [6.45, 7) is 1.80. The largest absolute Gasteiger partial charge is 0.410 e. The Morgan fingerprint density at radius 2 is 2.10 bits per heavy atom. The van der Waals surface area contributed by atoms with Gasteiger partial charge in [0.25, 0.3) is 0 Å². The van der Waals surface area contributed by atoms with Crippen LogP contribution in [0.15, 0.2) is 30.5 Å². The topological polar surface area (TPSA) is 69.6 Å². The number of imidazole rings is 1. The first-order chi connectivity index (χ1) is 9.54. The molecule has 0 radical (unpaired) electrons. The van der Waals surface area contributed by atoms with Crippen LogP contribution >= 0.6 is 11.3 Å². The number of ether oxygens (including phenoxy) is 1. The van der Waals surface area contributed by atoms with Crippen LogP contribution in [0.5, 0.6) is 5.06 Å². The molecule has 0 unspecified atom stereocenters. The first kappa shape index (κ1) is 12.6. The summed E-state index contributed by atoms with van der Waals surface area (Å²) < 4.78 is 19.6. The van der Waals surface area contributed by atoms with Gasteiger partial charge in [0.1, 0.15) is 5.82 Å². The number of fused-ring (bicyclic) bond motifs is 1. The minimum absolute atomic E-state index is 0.289. The molecule has 0 aliphatic carbocycles. The molecule has 1 aromatic carbocycles. The van der Waals surface area contributed by atoms with E-state index in [0.717, 1.165) is 17.0 Å². The molecule has 3 rings (SSSR count). The van der Waals surface area contributed by atoms with E-state index in [0.29, 0.717) is 10.0 Å². The van der Waals surface area contributed by atoms with Crippen molar-refractivity contribution in [3.63, 3.8) is 0 Å². The third-order valence-electron chi connectivity index (χ3n) is 2.85. The van der Waals surface area contributed by atoms with Gasteiger partial charge in [0, 0.05) is 11.8 Å². The molecule has 2 heterocycles. The van der Waals surface area contributed by atoms with Gasteiger partial charge in [-0.25, -0.2) is 14.2 Å². The van der Waals surface area contributed by atoms with E-state index < -0.39 is 6.09 Å². The quantitative estimate of drug-likeness (QED) is 0.789. The molecule has 7 heteroatoms. The van der Waals surface area contributed by atoms with Crippen LogP contribution in [0.4, 0.5) is 9.18 Å². The number of halogens is 1. The van der Waals surface area contributed by atoms with Crippen molar-refractivity contribution in [1.82, 2.24) is 9.38 Å². The summed E-state index contributed by atoms with van der Waals surface area (Å²) >= 11 is 1.23. The van der Waals surface area contributed by atoms with Crippen LogP contribution in [0.2, 0.25) is 0 Å². The molecule has 0 atom stereocenters. The van der Waals surface area contributed by atoms with Gasteiger partial charge in [0.15, 0.2) is 4.96 Å². The highest BCUT2D eigenvalue weighted by atomic mass is 32.1. The number of primary amides is 1. The molecule has 5 nitrogen and oxygen atoms in total. The number of benzene rings is 1. The van der Waals surface area contributed by atoms with Gasteiger partial charge < -0.3 is 10.5 Å².